The van der Waals surface area contributed by atoms with E-state index < -0.39 is 0 Å². The van der Waals surface area contributed by atoms with E-state index in [1.807, 2.05) is 5.01 Å². The van der Waals surface area contributed by atoms with Gasteiger partial charge < -0.3 is 0 Å². The van der Waals surface area contributed by atoms with Crippen LogP contribution >= 0.6 is 0 Å². The lowest BCUT2D eigenvalue weighted by atomic mass is 10.0. The van der Waals surface area contributed by atoms with Crippen molar-refractivity contribution in [2.75, 3.05) is 11.6 Å². The molecule has 1 rings (SSSR count). The SMILES string of the molecule is C=NN(CC)c1ccc(C(C)C)cc1. The molecule has 0 amide bonds. The highest BCUT2D eigenvalue weighted by Crippen LogP contribution is 2.19. The highest BCUT2D eigenvalue weighted by atomic mass is 15.4. The number of hydrogen-bond donors (Lipinski definition) is 0. The van der Waals surface area contributed by atoms with Crippen LogP contribution in [-0.2, 0) is 0 Å². The van der Waals surface area contributed by atoms with Gasteiger partial charge in [0, 0.05) is 13.3 Å². The van der Waals surface area contributed by atoms with Crippen molar-refractivity contribution in [3.8, 4) is 0 Å². The van der Waals surface area contributed by atoms with E-state index in [9.17, 15) is 0 Å². The number of hydrazone groups is 1. The lowest BCUT2D eigenvalue weighted by Crippen LogP contribution is -2.14. The van der Waals surface area contributed by atoms with Crippen LogP contribution in [0.1, 0.15) is 32.3 Å². The molecule has 14 heavy (non-hydrogen) atoms. The fourth-order valence-electron chi connectivity index (χ4n) is 1.40. The zero-order valence-corrected chi connectivity index (χ0v) is 9.20. The topological polar surface area (TPSA) is 15.6 Å². The smallest absolute Gasteiger partial charge is 0.0593 e. The molecule has 0 unspecified atom stereocenters. The third kappa shape index (κ3) is 2.34. The minimum atomic E-state index is 0.579. The molecule has 0 aromatic heterocycles. The van der Waals surface area contributed by atoms with Gasteiger partial charge in [-0.25, -0.2) is 0 Å². The number of anilines is 1. The Morgan fingerprint density at radius 1 is 1.29 bits per heavy atom. The third-order valence-electron chi connectivity index (χ3n) is 2.33. The standard InChI is InChI=1S/C12H18N2/c1-5-14(13-4)12-8-6-11(7-9-12)10(2)3/h6-10H,4-5H2,1-3H3. The first kappa shape index (κ1) is 10.8. The molecular formula is C12H18N2. The van der Waals surface area contributed by atoms with E-state index in [1.165, 1.54) is 5.56 Å². The molecule has 0 aliphatic rings. The van der Waals surface area contributed by atoms with E-state index in [1.54, 1.807) is 0 Å². The van der Waals surface area contributed by atoms with Crippen molar-refractivity contribution >= 4 is 12.4 Å². The van der Waals surface area contributed by atoms with Gasteiger partial charge in [-0.15, -0.1) is 0 Å². The van der Waals surface area contributed by atoms with Crippen molar-refractivity contribution in [1.82, 2.24) is 0 Å². The maximum absolute atomic E-state index is 3.93. The van der Waals surface area contributed by atoms with Crippen LogP contribution in [0.25, 0.3) is 0 Å². The molecule has 1 aromatic rings. The Bertz CT molecular complexity index is 288. The van der Waals surface area contributed by atoms with Crippen LogP contribution in [0, 0.1) is 0 Å². The summed E-state index contributed by atoms with van der Waals surface area (Å²) in [6, 6.07) is 8.47. The fraction of sp³-hybridized carbons (Fsp3) is 0.417. The van der Waals surface area contributed by atoms with Gasteiger partial charge in [0.2, 0.25) is 0 Å². The van der Waals surface area contributed by atoms with E-state index in [2.05, 4.69) is 56.9 Å². The molecular weight excluding hydrogens is 172 g/mol. The number of nitrogens with zero attached hydrogens (tertiary/aromatic N) is 2. The van der Waals surface area contributed by atoms with Gasteiger partial charge in [-0.2, -0.15) is 5.10 Å². The molecule has 0 N–H and O–H groups in total. The van der Waals surface area contributed by atoms with Gasteiger partial charge in [-0.1, -0.05) is 26.0 Å². The summed E-state index contributed by atoms with van der Waals surface area (Å²) >= 11 is 0. The molecule has 0 bridgehead atoms. The van der Waals surface area contributed by atoms with Crippen LogP contribution in [-0.4, -0.2) is 13.3 Å². The van der Waals surface area contributed by atoms with Gasteiger partial charge in [0.25, 0.3) is 0 Å². The molecule has 0 saturated carbocycles. The minimum Gasteiger partial charge on any atom is -0.266 e. The van der Waals surface area contributed by atoms with Crippen molar-refractivity contribution in [3.05, 3.63) is 29.8 Å². The molecule has 2 nitrogen and oxygen atoms in total. The molecule has 0 atom stereocenters. The Balaban J connectivity index is 2.87. The molecule has 0 spiro atoms. The summed E-state index contributed by atoms with van der Waals surface area (Å²) in [7, 11) is 0. The summed E-state index contributed by atoms with van der Waals surface area (Å²) in [6.45, 7) is 10.8. The lowest BCUT2D eigenvalue weighted by Gasteiger charge is -2.16. The Morgan fingerprint density at radius 3 is 2.21 bits per heavy atom. The highest BCUT2D eigenvalue weighted by molar-refractivity contribution is 5.48. The second kappa shape index (κ2) is 4.80. The third-order valence-corrected chi connectivity index (χ3v) is 2.33. The number of benzene rings is 1. The van der Waals surface area contributed by atoms with E-state index in [0.29, 0.717) is 5.92 Å². The number of rotatable bonds is 4. The van der Waals surface area contributed by atoms with Crippen molar-refractivity contribution < 1.29 is 0 Å². The van der Waals surface area contributed by atoms with Gasteiger partial charge in [-0.3, -0.25) is 5.01 Å². The summed E-state index contributed by atoms with van der Waals surface area (Å²) in [4.78, 5) is 0. The summed E-state index contributed by atoms with van der Waals surface area (Å²) < 4.78 is 0. The molecule has 0 radical (unpaired) electrons. The second-order valence-corrected chi connectivity index (χ2v) is 3.60. The van der Waals surface area contributed by atoms with Crippen LogP contribution < -0.4 is 5.01 Å². The predicted molar refractivity (Wildman–Crippen MR) is 63.1 cm³/mol. The summed E-state index contributed by atoms with van der Waals surface area (Å²) in [6.07, 6.45) is 0. The first-order valence-corrected chi connectivity index (χ1v) is 5.03. The van der Waals surface area contributed by atoms with E-state index in [4.69, 9.17) is 0 Å². The Morgan fingerprint density at radius 2 is 1.86 bits per heavy atom. The fourth-order valence-corrected chi connectivity index (χ4v) is 1.40. The van der Waals surface area contributed by atoms with Gasteiger partial charge in [-0.05, 0) is 30.5 Å². The van der Waals surface area contributed by atoms with Crippen LogP contribution in [0.2, 0.25) is 0 Å². The maximum Gasteiger partial charge on any atom is 0.0593 e. The van der Waals surface area contributed by atoms with Gasteiger partial charge in [0.15, 0.2) is 0 Å². The zero-order valence-electron chi connectivity index (χ0n) is 9.20. The summed E-state index contributed by atoms with van der Waals surface area (Å²) in [5.41, 5.74) is 2.46. The van der Waals surface area contributed by atoms with Crippen molar-refractivity contribution in [1.29, 1.82) is 0 Å². The quantitative estimate of drug-likeness (QED) is 0.525. The zero-order chi connectivity index (χ0) is 10.6. The summed E-state index contributed by atoms with van der Waals surface area (Å²) in [5, 5.41) is 5.81. The lowest BCUT2D eigenvalue weighted by molar-refractivity contribution is 0.861. The maximum atomic E-state index is 3.93. The normalized spacial score (nSPS) is 10.3. The monoisotopic (exact) mass is 190 g/mol. The van der Waals surface area contributed by atoms with Crippen LogP contribution in [0.15, 0.2) is 29.4 Å². The molecule has 0 heterocycles. The van der Waals surface area contributed by atoms with Crippen molar-refractivity contribution in [2.24, 2.45) is 5.10 Å². The van der Waals surface area contributed by atoms with Gasteiger partial charge >= 0.3 is 0 Å². The number of hydrogen-bond acceptors (Lipinski definition) is 2. The van der Waals surface area contributed by atoms with E-state index >= 15 is 0 Å². The molecule has 76 valence electrons. The Labute approximate surface area is 86.2 Å². The predicted octanol–water partition coefficient (Wildman–Crippen LogP) is 3.25. The van der Waals surface area contributed by atoms with Crippen LogP contribution in [0.5, 0.6) is 0 Å². The van der Waals surface area contributed by atoms with Crippen LogP contribution in [0.4, 0.5) is 5.69 Å². The molecule has 0 aliphatic carbocycles. The molecule has 0 fully saturated rings. The average Bonchev–Trinajstić information content (AvgIpc) is 2.20. The Hall–Kier alpha value is -1.31. The molecule has 0 aliphatic heterocycles. The van der Waals surface area contributed by atoms with Crippen molar-refractivity contribution in [3.63, 3.8) is 0 Å². The van der Waals surface area contributed by atoms with Crippen LogP contribution in [0.3, 0.4) is 0 Å². The molecule has 2 heteroatoms. The van der Waals surface area contributed by atoms with Gasteiger partial charge in [0.05, 0.1) is 5.69 Å². The largest absolute Gasteiger partial charge is 0.266 e. The minimum absolute atomic E-state index is 0.579. The average molecular weight is 190 g/mol. The van der Waals surface area contributed by atoms with E-state index in [0.717, 1.165) is 12.2 Å². The molecule has 0 saturated heterocycles. The van der Waals surface area contributed by atoms with Gasteiger partial charge in [0.1, 0.15) is 0 Å². The first-order chi connectivity index (χ1) is 6.69. The van der Waals surface area contributed by atoms with E-state index in [-0.39, 0.29) is 0 Å². The highest BCUT2D eigenvalue weighted by Gasteiger charge is 2.02. The molecule has 1 aromatic carbocycles. The van der Waals surface area contributed by atoms with Crippen molar-refractivity contribution in [2.45, 2.75) is 26.7 Å². The first-order valence-electron chi connectivity index (χ1n) is 5.03. The Kier molecular flexibility index (Phi) is 3.69. The summed E-state index contributed by atoms with van der Waals surface area (Å²) in [5.74, 6) is 0.579. The second-order valence-electron chi connectivity index (χ2n) is 3.60.